The van der Waals surface area contributed by atoms with Crippen LogP contribution in [-0.2, 0) is 24.5 Å². The molecule has 1 amide bonds. The maximum Gasteiger partial charge on any atom is 0.251 e. The average molecular weight is 350 g/mol. The van der Waals surface area contributed by atoms with E-state index in [1.54, 1.807) is 7.11 Å². The van der Waals surface area contributed by atoms with Gasteiger partial charge >= 0.3 is 0 Å². The molecule has 0 spiro atoms. The first-order valence-electron chi connectivity index (χ1n) is 8.31. The van der Waals surface area contributed by atoms with Crippen molar-refractivity contribution in [3.63, 3.8) is 0 Å². The number of methoxy groups -OCH3 is 1. The lowest BCUT2D eigenvalue weighted by molar-refractivity contribution is 0.0944. The molecule has 0 saturated carbocycles. The van der Waals surface area contributed by atoms with Gasteiger partial charge in [0.25, 0.3) is 5.91 Å². The van der Waals surface area contributed by atoms with E-state index in [0.29, 0.717) is 36.8 Å². The summed E-state index contributed by atoms with van der Waals surface area (Å²) in [5.74, 6) is 1.28. The molecule has 2 heterocycles. The van der Waals surface area contributed by atoms with Crippen LogP contribution < -0.4 is 10.1 Å². The molecule has 3 aromatic rings. The molecule has 6 heteroatoms. The van der Waals surface area contributed by atoms with Crippen LogP contribution in [0.2, 0.25) is 0 Å². The lowest BCUT2D eigenvalue weighted by atomic mass is 10.0. The van der Waals surface area contributed by atoms with Crippen molar-refractivity contribution in [1.82, 2.24) is 10.5 Å². The van der Waals surface area contributed by atoms with E-state index in [1.807, 2.05) is 48.5 Å². The first kappa shape index (κ1) is 16.4. The minimum Gasteiger partial charge on any atom is -0.497 e. The van der Waals surface area contributed by atoms with Gasteiger partial charge in [0.1, 0.15) is 11.4 Å². The predicted octanol–water partition coefficient (Wildman–Crippen LogP) is 3.31. The van der Waals surface area contributed by atoms with Crippen LogP contribution in [0.5, 0.6) is 5.75 Å². The molecule has 2 aromatic carbocycles. The molecule has 1 aliphatic heterocycles. The van der Waals surface area contributed by atoms with Gasteiger partial charge in [-0.25, -0.2) is 0 Å². The van der Waals surface area contributed by atoms with Gasteiger partial charge in [0.05, 0.1) is 26.9 Å². The topological polar surface area (TPSA) is 73.6 Å². The molecule has 4 rings (SSSR count). The van der Waals surface area contributed by atoms with Crippen LogP contribution in [0.3, 0.4) is 0 Å². The van der Waals surface area contributed by atoms with E-state index >= 15 is 0 Å². The van der Waals surface area contributed by atoms with Crippen molar-refractivity contribution in [1.29, 1.82) is 0 Å². The molecule has 0 saturated heterocycles. The molecule has 6 nitrogen and oxygen atoms in total. The van der Waals surface area contributed by atoms with Gasteiger partial charge in [-0.1, -0.05) is 17.3 Å². The summed E-state index contributed by atoms with van der Waals surface area (Å²) in [4.78, 5) is 12.5. The van der Waals surface area contributed by atoms with Gasteiger partial charge in [-0.05, 0) is 41.5 Å². The molecule has 0 radical (unpaired) electrons. The van der Waals surface area contributed by atoms with Crippen LogP contribution in [0.15, 0.2) is 53.1 Å². The highest BCUT2D eigenvalue weighted by Gasteiger charge is 2.19. The van der Waals surface area contributed by atoms with Gasteiger partial charge < -0.3 is 19.3 Å². The third kappa shape index (κ3) is 3.19. The molecule has 0 bridgehead atoms. The standard InChI is InChI=1S/C20H18N2O4/c1-24-16-7-5-13(6-8-16)19-9-15(22-26-19)10-21-20(23)17-4-2-3-14-11-25-12-18(14)17/h2-9H,10-12H2,1H3,(H,21,23). The molecule has 1 N–H and O–H groups in total. The number of hydrogen-bond acceptors (Lipinski definition) is 5. The van der Waals surface area contributed by atoms with Crippen molar-refractivity contribution in [2.75, 3.05) is 7.11 Å². The first-order chi connectivity index (χ1) is 12.7. The Morgan fingerprint density at radius 1 is 1.19 bits per heavy atom. The number of amides is 1. The molecule has 26 heavy (non-hydrogen) atoms. The van der Waals surface area contributed by atoms with E-state index < -0.39 is 0 Å². The predicted molar refractivity (Wildman–Crippen MR) is 94.6 cm³/mol. The molecule has 0 aliphatic carbocycles. The maximum absolute atomic E-state index is 12.5. The van der Waals surface area contributed by atoms with Gasteiger partial charge in [0, 0.05) is 17.2 Å². The molecule has 132 valence electrons. The monoisotopic (exact) mass is 350 g/mol. The Kier molecular flexibility index (Phi) is 4.41. The number of hydrogen-bond donors (Lipinski definition) is 1. The number of nitrogens with zero attached hydrogens (tertiary/aromatic N) is 1. The summed E-state index contributed by atoms with van der Waals surface area (Å²) in [6.07, 6.45) is 0. The number of fused-ring (bicyclic) bond motifs is 1. The molecular weight excluding hydrogens is 332 g/mol. The average Bonchev–Trinajstić information content (AvgIpc) is 3.35. The van der Waals surface area contributed by atoms with E-state index in [1.165, 1.54) is 0 Å². The zero-order valence-corrected chi connectivity index (χ0v) is 14.3. The Morgan fingerprint density at radius 2 is 2.04 bits per heavy atom. The van der Waals surface area contributed by atoms with Crippen molar-refractivity contribution in [3.05, 3.63) is 70.9 Å². The number of ether oxygens (including phenoxy) is 2. The number of carbonyl (C=O) groups excluding carboxylic acids is 1. The summed E-state index contributed by atoms with van der Waals surface area (Å²) in [5, 5.41) is 6.92. The van der Waals surface area contributed by atoms with E-state index in [0.717, 1.165) is 22.4 Å². The summed E-state index contributed by atoms with van der Waals surface area (Å²) in [6.45, 7) is 1.33. The number of rotatable bonds is 5. The number of benzene rings is 2. The highest BCUT2D eigenvalue weighted by atomic mass is 16.5. The fraction of sp³-hybridized carbons (Fsp3) is 0.200. The Morgan fingerprint density at radius 3 is 2.85 bits per heavy atom. The van der Waals surface area contributed by atoms with Crippen molar-refractivity contribution >= 4 is 5.91 Å². The molecule has 1 aliphatic rings. The minimum absolute atomic E-state index is 0.138. The van der Waals surface area contributed by atoms with E-state index in [9.17, 15) is 4.79 Å². The summed E-state index contributed by atoms with van der Waals surface area (Å²) in [7, 11) is 1.62. The largest absolute Gasteiger partial charge is 0.497 e. The molecule has 0 unspecified atom stereocenters. The van der Waals surface area contributed by atoms with Gasteiger partial charge in [0.2, 0.25) is 0 Å². The highest BCUT2D eigenvalue weighted by Crippen LogP contribution is 2.24. The van der Waals surface area contributed by atoms with Crippen LogP contribution in [-0.4, -0.2) is 18.2 Å². The Hall–Kier alpha value is -3.12. The Balaban J connectivity index is 1.43. The van der Waals surface area contributed by atoms with Crippen LogP contribution in [0.1, 0.15) is 27.2 Å². The van der Waals surface area contributed by atoms with Crippen LogP contribution in [0, 0.1) is 0 Å². The number of carbonyl (C=O) groups is 1. The summed E-state index contributed by atoms with van der Waals surface area (Å²) < 4.78 is 15.9. The highest BCUT2D eigenvalue weighted by molar-refractivity contribution is 5.96. The molecule has 0 atom stereocenters. The van der Waals surface area contributed by atoms with Crippen molar-refractivity contribution < 1.29 is 18.8 Å². The molecule has 1 aromatic heterocycles. The van der Waals surface area contributed by atoms with Crippen molar-refractivity contribution in [2.24, 2.45) is 0 Å². The van der Waals surface area contributed by atoms with Crippen molar-refractivity contribution in [3.8, 4) is 17.1 Å². The van der Waals surface area contributed by atoms with Gasteiger partial charge in [-0.15, -0.1) is 0 Å². The second-order valence-corrected chi connectivity index (χ2v) is 6.03. The van der Waals surface area contributed by atoms with E-state index in [4.69, 9.17) is 14.0 Å². The molecular formula is C20H18N2O4. The van der Waals surface area contributed by atoms with Gasteiger partial charge in [-0.3, -0.25) is 4.79 Å². The quantitative estimate of drug-likeness (QED) is 0.764. The number of nitrogens with one attached hydrogen (secondary N) is 1. The second kappa shape index (κ2) is 7.01. The fourth-order valence-corrected chi connectivity index (χ4v) is 2.97. The van der Waals surface area contributed by atoms with Crippen molar-refractivity contribution in [2.45, 2.75) is 19.8 Å². The summed E-state index contributed by atoms with van der Waals surface area (Å²) >= 11 is 0. The maximum atomic E-state index is 12.5. The van der Waals surface area contributed by atoms with Crippen LogP contribution in [0.25, 0.3) is 11.3 Å². The fourth-order valence-electron chi connectivity index (χ4n) is 2.97. The lowest BCUT2D eigenvalue weighted by Crippen LogP contribution is -2.24. The zero-order valence-electron chi connectivity index (χ0n) is 14.3. The Labute approximate surface area is 150 Å². The normalized spacial score (nSPS) is 12.7. The smallest absolute Gasteiger partial charge is 0.251 e. The van der Waals surface area contributed by atoms with Crippen LogP contribution >= 0.6 is 0 Å². The van der Waals surface area contributed by atoms with E-state index in [-0.39, 0.29) is 5.91 Å². The third-order valence-electron chi connectivity index (χ3n) is 4.39. The first-order valence-corrected chi connectivity index (χ1v) is 8.31. The summed E-state index contributed by atoms with van der Waals surface area (Å²) in [6, 6.07) is 15.0. The third-order valence-corrected chi connectivity index (χ3v) is 4.39. The Bertz CT molecular complexity index is 931. The lowest BCUT2D eigenvalue weighted by Gasteiger charge is -2.07. The number of aromatic nitrogens is 1. The summed E-state index contributed by atoms with van der Waals surface area (Å²) in [5.41, 5.74) is 4.24. The zero-order chi connectivity index (χ0) is 17.9. The van der Waals surface area contributed by atoms with Gasteiger partial charge in [-0.2, -0.15) is 0 Å². The van der Waals surface area contributed by atoms with Gasteiger partial charge in [0.15, 0.2) is 5.76 Å². The molecule has 0 fully saturated rings. The minimum atomic E-state index is -0.138. The second-order valence-electron chi connectivity index (χ2n) is 6.03. The van der Waals surface area contributed by atoms with Crippen LogP contribution in [0.4, 0.5) is 0 Å². The van der Waals surface area contributed by atoms with E-state index in [2.05, 4.69) is 10.5 Å². The SMILES string of the molecule is COc1ccc(-c2cc(CNC(=O)c3cccc4c3COC4)no2)cc1.